The topological polar surface area (TPSA) is 96.0 Å². The molecule has 2 heterocycles. The van der Waals surface area contributed by atoms with Gasteiger partial charge in [-0.05, 0) is 26.0 Å². The number of nitriles is 1. The summed E-state index contributed by atoms with van der Waals surface area (Å²) in [6.45, 7) is 3.42. The summed E-state index contributed by atoms with van der Waals surface area (Å²) in [5.74, 6) is 0.0967. The van der Waals surface area contributed by atoms with E-state index >= 15 is 0 Å². The maximum absolute atomic E-state index is 12.0. The second-order valence-electron chi connectivity index (χ2n) is 3.56. The summed E-state index contributed by atoms with van der Waals surface area (Å²) >= 11 is 0.898. The molecule has 94 valence electrons. The monoisotopic (exact) mass is 283 g/mol. The second kappa shape index (κ2) is 4.44. The van der Waals surface area contributed by atoms with Gasteiger partial charge in [0.05, 0.1) is 5.69 Å². The summed E-state index contributed by atoms with van der Waals surface area (Å²) in [4.78, 5) is 0.334. The van der Waals surface area contributed by atoms with Crippen LogP contribution in [-0.2, 0) is 10.0 Å². The lowest BCUT2D eigenvalue weighted by molar-refractivity contribution is 0.430. The van der Waals surface area contributed by atoms with Gasteiger partial charge >= 0.3 is 0 Å². The van der Waals surface area contributed by atoms with Gasteiger partial charge in [0.1, 0.15) is 15.2 Å². The van der Waals surface area contributed by atoms with Gasteiger partial charge < -0.3 is 4.52 Å². The Morgan fingerprint density at radius 1 is 1.44 bits per heavy atom. The fourth-order valence-electron chi connectivity index (χ4n) is 1.21. The zero-order chi connectivity index (χ0) is 13.3. The van der Waals surface area contributed by atoms with Crippen molar-refractivity contribution in [1.29, 1.82) is 5.26 Å². The molecule has 0 bridgehead atoms. The van der Waals surface area contributed by atoms with E-state index in [-0.39, 0.29) is 10.1 Å². The number of nitrogens with zero attached hydrogens (tertiary/aromatic N) is 2. The van der Waals surface area contributed by atoms with Gasteiger partial charge in [0.2, 0.25) is 5.88 Å². The minimum atomic E-state index is -3.73. The lowest BCUT2D eigenvalue weighted by Crippen LogP contribution is -2.11. The Labute approximate surface area is 108 Å². The van der Waals surface area contributed by atoms with E-state index in [2.05, 4.69) is 9.88 Å². The van der Waals surface area contributed by atoms with Crippen molar-refractivity contribution < 1.29 is 12.9 Å². The minimum Gasteiger partial charge on any atom is -0.337 e. The number of aromatic nitrogens is 1. The smallest absolute Gasteiger partial charge is 0.273 e. The summed E-state index contributed by atoms with van der Waals surface area (Å²) in [7, 11) is -3.73. The number of rotatable bonds is 3. The van der Waals surface area contributed by atoms with E-state index in [1.165, 1.54) is 12.1 Å². The van der Waals surface area contributed by atoms with Crippen LogP contribution in [0.15, 0.2) is 20.9 Å². The fraction of sp³-hybridized carbons (Fsp3) is 0.200. The molecule has 0 fully saturated rings. The highest BCUT2D eigenvalue weighted by Crippen LogP contribution is 2.25. The first-order valence-corrected chi connectivity index (χ1v) is 7.19. The molecule has 0 aliphatic carbocycles. The molecule has 2 aromatic heterocycles. The van der Waals surface area contributed by atoms with Crippen LogP contribution in [0, 0.1) is 25.2 Å². The van der Waals surface area contributed by atoms with Crippen LogP contribution in [0.3, 0.4) is 0 Å². The zero-order valence-corrected chi connectivity index (χ0v) is 11.2. The van der Waals surface area contributed by atoms with Crippen molar-refractivity contribution in [2.75, 3.05) is 4.72 Å². The maximum Gasteiger partial charge on any atom is 0.273 e. The average Bonchev–Trinajstić information content (AvgIpc) is 2.91. The molecular formula is C10H9N3O3S2. The van der Waals surface area contributed by atoms with Gasteiger partial charge in [0.15, 0.2) is 0 Å². The third kappa shape index (κ3) is 2.23. The third-order valence-corrected chi connectivity index (χ3v) is 5.15. The predicted molar refractivity (Wildman–Crippen MR) is 65.8 cm³/mol. The lowest BCUT2D eigenvalue weighted by Gasteiger charge is -2.02. The molecule has 2 aromatic rings. The van der Waals surface area contributed by atoms with E-state index < -0.39 is 10.0 Å². The molecule has 0 aliphatic heterocycles. The molecule has 0 aromatic carbocycles. The van der Waals surface area contributed by atoms with Gasteiger partial charge in [-0.1, -0.05) is 5.16 Å². The van der Waals surface area contributed by atoms with Crippen LogP contribution in [-0.4, -0.2) is 13.6 Å². The minimum absolute atomic E-state index is 0.0625. The highest BCUT2D eigenvalue weighted by atomic mass is 32.2. The Morgan fingerprint density at radius 2 is 2.17 bits per heavy atom. The first kappa shape index (κ1) is 12.6. The van der Waals surface area contributed by atoms with Gasteiger partial charge in [-0.3, -0.25) is 0 Å². The normalized spacial score (nSPS) is 11.2. The van der Waals surface area contributed by atoms with E-state index in [0.717, 1.165) is 11.3 Å². The molecule has 2 rings (SSSR count). The van der Waals surface area contributed by atoms with E-state index in [9.17, 15) is 8.42 Å². The SMILES string of the molecule is Cc1noc(NS(=O)(=O)c2ccc(C#N)s2)c1C. The highest BCUT2D eigenvalue weighted by molar-refractivity contribution is 7.94. The molecule has 8 heteroatoms. The van der Waals surface area contributed by atoms with Crippen molar-refractivity contribution in [3.63, 3.8) is 0 Å². The van der Waals surface area contributed by atoms with Crippen molar-refractivity contribution >= 4 is 27.2 Å². The van der Waals surface area contributed by atoms with Gasteiger partial charge in [-0.15, -0.1) is 11.3 Å². The molecule has 18 heavy (non-hydrogen) atoms. The van der Waals surface area contributed by atoms with Crippen LogP contribution >= 0.6 is 11.3 Å². The first-order valence-electron chi connectivity index (χ1n) is 4.89. The molecule has 0 amide bonds. The van der Waals surface area contributed by atoms with Crippen molar-refractivity contribution in [2.24, 2.45) is 0 Å². The van der Waals surface area contributed by atoms with Gasteiger partial charge in [0.25, 0.3) is 10.0 Å². The van der Waals surface area contributed by atoms with E-state index in [1.807, 2.05) is 6.07 Å². The number of anilines is 1. The number of nitrogens with one attached hydrogen (secondary N) is 1. The fourth-order valence-corrected chi connectivity index (χ4v) is 3.36. The molecule has 0 atom stereocenters. The molecule has 0 saturated carbocycles. The molecule has 0 spiro atoms. The summed E-state index contributed by atoms with van der Waals surface area (Å²) in [6, 6.07) is 4.72. The van der Waals surface area contributed by atoms with Crippen LogP contribution in [0.2, 0.25) is 0 Å². The number of thiophene rings is 1. The molecule has 0 saturated heterocycles. The molecule has 0 aliphatic rings. The van der Waals surface area contributed by atoms with Crippen molar-refractivity contribution in [2.45, 2.75) is 18.1 Å². The Kier molecular flexibility index (Phi) is 3.11. The van der Waals surface area contributed by atoms with Crippen molar-refractivity contribution in [3.8, 4) is 6.07 Å². The quantitative estimate of drug-likeness (QED) is 0.929. The lowest BCUT2D eigenvalue weighted by atomic mass is 10.3. The molecule has 0 unspecified atom stereocenters. The Bertz CT molecular complexity index is 722. The van der Waals surface area contributed by atoms with Crippen LogP contribution < -0.4 is 4.72 Å². The van der Waals surface area contributed by atoms with Gasteiger partial charge in [0, 0.05) is 5.56 Å². The standard InChI is InChI=1S/C10H9N3O3S2/c1-6-7(2)12-16-10(6)13-18(14,15)9-4-3-8(5-11)17-9/h3-4,13H,1-2H3. The van der Waals surface area contributed by atoms with E-state index in [4.69, 9.17) is 9.78 Å². The van der Waals surface area contributed by atoms with Gasteiger partial charge in [-0.2, -0.15) is 5.26 Å². The summed E-state index contributed by atoms with van der Waals surface area (Å²) in [5, 5.41) is 12.3. The summed E-state index contributed by atoms with van der Waals surface area (Å²) < 4.78 is 31.2. The number of sulfonamides is 1. The summed E-state index contributed by atoms with van der Waals surface area (Å²) in [5.41, 5.74) is 1.26. The second-order valence-corrected chi connectivity index (χ2v) is 6.55. The number of aryl methyl sites for hydroxylation is 1. The largest absolute Gasteiger partial charge is 0.337 e. The zero-order valence-electron chi connectivity index (χ0n) is 9.59. The van der Waals surface area contributed by atoms with Crippen LogP contribution in [0.4, 0.5) is 5.88 Å². The van der Waals surface area contributed by atoms with Crippen LogP contribution in [0.5, 0.6) is 0 Å². The van der Waals surface area contributed by atoms with Crippen molar-refractivity contribution in [1.82, 2.24) is 5.16 Å². The molecule has 6 nitrogen and oxygen atoms in total. The molecule has 0 radical (unpaired) electrons. The Hall–Kier alpha value is -1.85. The first-order chi connectivity index (χ1) is 8.44. The molecular weight excluding hydrogens is 274 g/mol. The molecule has 1 N–H and O–H groups in total. The van der Waals surface area contributed by atoms with E-state index in [1.54, 1.807) is 13.8 Å². The average molecular weight is 283 g/mol. The number of hydrogen-bond acceptors (Lipinski definition) is 6. The predicted octanol–water partition coefficient (Wildman–Crippen LogP) is 2.03. The van der Waals surface area contributed by atoms with Crippen LogP contribution in [0.1, 0.15) is 16.1 Å². The Balaban J connectivity index is 2.33. The van der Waals surface area contributed by atoms with E-state index in [0.29, 0.717) is 16.1 Å². The third-order valence-electron chi connectivity index (χ3n) is 2.34. The summed E-state index contributed by atoms with van der Waals surface area (Å²) in [6.07, 6.45) is 0. The number of hydrogen-bond donors (Lipinski definition) is 1. The van der Waals surface area contributed by atoms with Gasteiger partial charge in [-0.25, -0.2) is 13.1 Å². The highest BCUT2D eigenvalue weighted by Gasteiger charge is 2.20. The van der Waals surface area contributed by atoms with Crippen LogP contribution in [0.25, 0.3) is 0 Å². The Morgan fingerprint density at radius 3 is 2.67 bits per heavy atom. The maximum atomic E-state index is 12.0. The van der Waals surface area contributed by atoms with Crippen molar-refractivity contribution in [3.05, 3.63) is 28.3 Å².